The second-order valence-corrected chi connectivity index (χ2v) is 6.46. The van der Waals surface area contributed by atoms with E-state index in [1.165, 1.54) is 6.07 Å². The van der Waals surface area contributed by atoms with Crippen molar-refractivity contribution in [2.45, 2.75) is 38.3 Å². The van der Waals surface area contributed by atoms with Gasteiger partial charge in [-0.05, 0) is 51.6 Å². The summed E-state index contributed by atoms with van der Waals surface area (Å²) in [7, 11) is 1.90. The molecule has 1 amide bonds. The molecular formula is C17H27Cl2F2N3O. The molecule has 2 rings (SSSR count). The summed E-state index contributed by atoms with van der Waals surface area (Å²) in [5, 5.41) is 6.27. The zero-order valence-corrected chi connectivity index (χ0v) is 16.4. The lowest BCUT2D eigenvalue weighted by Gasteiger charge is -2.34. The van der Waals surface area contributed by atoms with Gasteiger partial charge in [-0.2, -0.15) is 0 Å². The van der Waals surface area contributed by atoms with Gasteiger partial charge in [0.1, 0.15) is 0 Å². The predicted molar refractivity (Wildman–Crippen MR) is 101 cm³/mol. The Morgan fingerprint density at radius 2 is 2.00 bits per heavy atom. The molecule has 0 radical (unpaired) electrons. The summed E-state index contributed by atoms with van der Waals surface area (Å²) < 4.78 is 26.6. The minimum absolute atomic E-state index is 0. The predicted octanol–water partition coefficient (Wildman–Crippen LogP) is 2.71. The Morgan fingerprint density at radius 1 is 1.32 bits per heavy atom. The van der Waals surface area contributed by atoms with E-state index >= 15 is 0 Å². The van der Waals surface area contributed by atoms with E-state index in [2.05, 4.69) is 10.6 Å². The third-order valence-corrected chi connectivity index (χ3v) is 4.47. The average molecular weight is 398 g/mol. The molecule has 1 aromatic rings. The van der Waals surface area contributed by atoms with E-state index in [1.54, 1.807) is 6.07 Å². The highest BCUT2D eigenvalue weighted by Gasteiger charge is 2.28. The molecule has 0 aliphatic carbocycles. The molecule has 0 aromatic heterocycles. The van der Waals surface area contributed by atoms with Crippen LogP contribution in [0.1, 0.15) is 31.7 Å². The molecule has 4 nitrogen and oxygen atoms in total. The van der Waals surface area contributed by atoms with Gasteiger partial charge in [0.2, 0.25) is 5.91 Å². The van der Waals surface area contributed by atoms with Crippen LogP contribution in [0.4, 0.5) is 8.78 Å². The van der Waals surface area contributed by atoms with Crippen LogP contribution in [-0.4, -0.2) is 49.6 Å². The van der Waals surface area contributed by atoms with Gasteiger partial charge in [-0.15, -0.1) is 24.8 Å². The highest BCUT2D eigenvalue weighted by Crippen LogP contribution is 2.27. The van der Waals surface area contributed by atoms with E-state index in [1.807, 2.05) is 25.8 Å². The SMILES string of the molecule is CC(C)N(C)CC(=O)NC1CNCCC1c1ccc(F)c(F)c1.Cl.Cl. The van der Waals surface area contributed by atoms with Crippen LogP contribution in [0.5, 0.6) is 0 Å². The van der Waals surface area contributed by atoms with Crippen LogP contribution in [-0.2, 0) is 4.79 Å². The Balaban J connectivity index is 0.00000288. The number of hydrogen-bond donors (Lipinski definition) is 2. The lowest BCUT2D eigenvalue weighted by atomic mass is 9.86. The standard InChI is InChI=1S/C17H25F2N3O.2ClH/c1-11(2)22(3)10-17(23)21-16-9-20-7-6-13(16)12-4-5-14(18)15(19)8-12;;/h4-5,8,11,13,16,20H,6-7,9-10H2,1-3H3,(H,21,23);2*1H. The Kier molecular flexibility index (Phi) is 10.5. The van der Waals surface area contributed by atoms with Gasteiger partial charge < -0.3 is 10.6 Å². The van der Waals surface area contributed by atoms with E-state index in [0.29, 0.717) is 13.1 Å². The first kappa shape index (κ1) is 24.1. The lowest BCUT2D eigenvalue weighted by molar-refractivity contribution is -0.123. The third-order valence-electron chi connectivity index (χ3n) is 4.47. The van der Waals surface area contributed by atoms with Crippen LogP contribution >= 0.6 is 24.8 Å². The molecule has 0 saturated carbocycles. The topological polar surface area (TPSA) is 44.4 Å². The Hall–Kier alpha value is -0.950. The molecule has 144 valence electrons. The average Bonchev–Trinajstić information content (AvgIpc) is 2.50. The Bertz CT molecular complexity index is 561. The number of rotatable bonds is 5. The molecule has 1 aliphatic heterocycles. The summed E-state index contributed by atoms with van der Waals surface area (Å²) in [6.07, 6.45) is 0.774. The van der Waals surface area contributed by atoms with Crippen molar-refractivity contribution < 1.29 is 13.6 Å². The van der Waals surface area contributed by atoms with Gasteiger partial charge in [0.25, 0.3) is 0 Å². The highest BCUT2D eigenvalue weighted by molar-refractivity contribution is 5.85. The quantitative estimate of drug-likeness (QED) is 0.802. The van der Waals surface area contributed by atoms with Gasteiger partial charge in [-0.3, -0.25) is 9.69 Å². The van der Waals surface area contributed by atoms with Crippen LogP contribution < -0.4 is 10.6 Å². The second-order valence-electron chi connectivity index (χ2n) is 6.46. The van der Waals surface area contributed by atoms with Crippen LogP contribution in [0.3, 0.4) is 0 Å². The molecule has 1 aliphatic rings. The first-order chi connectivity index (χ1) is 10.9. The van der Waals surface area contributed by atoms with Crippen molar-refractivity contribution in [1.82, 2.24) is 15.5 Å². The van der Waals surface area contributed by atoms with Crippen LogP contribution in [0.15, 0.2) is 18.2 Å². The molecule has 1 heterocycles. The summed E-state index contributed by atoms with van der Waals surface area (Å²) in [6, 6.07) is 4.16. The molecule has 1 aromatic carbocycles. The Morgan fingerprint density at radius 3 is 2.60 bits per heavy atom. The molecule has 0 bridgehead atoms. The van der Waals surface area contributed by atoms with E-state index in [-0.39, 0.29) is 48.7 Å². The molecule has 0 spiro atoms. The molecule has 2 atom stereocenters. The number of benzene rings is 1. The van der Waals surface area contributed by atoms with Gasteiger partial charge in [0.05, 0.1) is 6.54 Å². The van der Waals surface area contributed by atoms with Gasteiger partial charge in [-0.25, -0.2) is 8.78 Å². The number of halogens is 4. The normalized spacial score (nSPS) is 20.0. The zero-order valence-electron chi connectivity index (χ0n) is 14.7. The van der Waals surface area contributed by atoms with Crippen LogP contribution in [0.25, 0.3) is 0 Å². The monoisotopic (exact) mass is 397 g/mol. The Labute approximate surface area is 160 Å². The number of hydrogen-bond acceptors (Lipinski definition) is 3. The van der Waals surface area contributed by atoms with Crippen molar-refractivity contribution in [2.24, 2.45) is 0 Å². The molecule has 25 heavy (non-hydrogen) atoms. The smallest absolute Gasteiger partial charge is 0.234 e. The first-order valence-electron chi connectivity index (χ1n) is 8.03. The van der Waals surface area contributed by atoms with Gasteiger partial charge >= 0.3 is 0 Å². The first-order valence-corrected chi connectivity index (χ1v) is 8.03. The molecule has 2 unspecified atom stereocenters. The molecule has 8 heteroatoms. The fourth-order valence-electron chi connectivity index (χ4n) is 2.81. The second kappa shape index (κ2) is 10.9. The summed E-state index contributed by atoms with van der Waals surface area (Å²) in [5.41, 5.74) is 0.730. The van der Waals surface area contributed by atoms with Gasteiger partial charge in [-0.1, -0.05) is 6.07 Å². The lowest BCUT2D eigenvalue weighted by Crippen LogP contribution is -2.52. The molecule has 1 fully saturated rings. The summed E-state index contributed by atoms with van der Waals surface area (Å²) in [4.78, 5) is 14.2. The fourth-order valence-corrected chi connectivity index (χ4v) is 2.81. The number of carbonyl (C=O) groups excluding carboxylic acids is 1. The molecule has 1 saturated heterocycles. The zero-order chi connectivity index (χ0) is 17.0. The maximum absolute atomic E-state index is 13.5. The van der Waals surface area contributed by atoms with E-state index in [9.17, 15) is 13.6 Å². The number of nitrogens with zero attached hydrogens (tertiary/aromatic N) is 1. The summed E-state index contributed by atoms with van der Waals surface area (Å²) in [6.45, 7) is 5.79. The van der Waals surface area contributed by atoms with Crippen molar-refractivity contribution in [2.75, 3.05) is 26.7 Å². The fraction of sp³-hybridized carbons (Fsp3) is 0.588. The largest absolute Gasteiger partial charge is 0.350 e. The van der Waals surface area contributed by atoms with E-state index < -0.39 is 11.6 Å². The van der Waals surface area contributed by atoms with Crippen molar-refractivity contribution in [1.29, 1.82) is 0 Å². The molecule has 2 N–H and O–H groups in total. The number of likely N-dealkylation sites (N-methyl/N-ethyl adjacent to an activating group) is 1. The van der Waals surface area contributed by atoms with Crippen molar-refractivity contribution in [3.8, 4) is 0 Å². The van der Waals surface area contributed by atoms with Crippen molar-refractivity contribution >= 4 is 30.7 Å². The molecular weight excluding hydrogens is 371 g/mol. The number of piperidine rings is 1. The van der Waals surface area contributed by atoms with Crippen LogP contribution in [0, 0.1) is 11.6 Å². The van der Waals surface area contributed by atoms with E-state index in [0.717, 1.165) is 24.6 Å². The summed E-state index contributed by atoms with van der Waals surface area (Å²) >= 11 is 0. The summed E-state index contributed by atoms with van der Waals surface area (Å²) in [5.74, 6) is -1.75. The highest BCUT2D eigenvalue weighted by atomic mass is 35.5. The van der Waals surface area contributed by atoms with Crippen molar-refractivity contribution in [3.05, 3.63) is 35.4 Å². The van der Waals surface area contributed by atoms with Crippen LogP contribution in [0.2, 0.25) is 0 Å². The maximum atomic E-state index is 13.5. The number of nitrogens with one attached hydrogen (secondary N) is 2. The minimum Gasteiger partial charge on any atom is -0.350 e. The van der Waals surface area contributed by atoms with Crippen molar-refractivity contribution in [3.63, 3.8) is 0 Å². The minimum atomic E-state index is -0.846. The van der Waals surface area contributed by atoms with Gasteiger partial charge in [0.15, 0.2) is 11.6 Å². The van der Waals surface area contributed by atoms with Gasteiger partial charge in [0, 0.05) is 24.5 Å². The number of amides is 1. The maximum Gasteiger partial charge on any atom is 0.234 e. The third kappa shape index (κ3) is 6.70. The van der Waals surface area contributed by atoms with E-state index in [4.69, 9.17) is 0 Å². The number of carbonyl (C=O) groups is 1.